The number of carbonyl (C=O) groups excluding carboxylic acids is 2. The molecule has 2 aliphatic heterocycles. The average molecular weight is 498 g/mol. The van der Waals surface area contributed by atoms with Gasteiger partial charge in [-0.1, -0.05) is 11.6 Å². The third-order valence-corrected chi connectivity index (χ3v) is 5.79. The Hall–Kier alpha value is -3.82. The Morgan fingerprint density at radius 2 is 2.09 bits per heavy atom. The number of benzene rings is 2. The molecular weight excluding hydrogens is 478 g/mol. The zero-order valence-corrected chi connectivity index (χ0v) is 19.6. The van der Waals surface area contributed by atoms with Crippen molar-refractivity contribution in [3.05, 3.63) is 69.1 Å². The SMILES string of the molecule is COc1cc(CCC(=O)Oc2ccc3c(c2C)O/C(=C\c2cc(Cl)cc4c2OCOC4)C3=O)on1. The van der Waals surface area contributed by atoms with Gasteiger partial charge >= 0.3 is 5.97 Å². The van der Waals surface area contributed by atoms with E-state index >= 15 is 0 Å². The minimum absolute atomic E-state index is 0.0728. The number of esters is 1. The smallest absolute Gasteiger partial charge is 0.311 e. The van der Waals surface area contributed by atoms with Crippen molar-refractivity contribution in [3.63, 3.8) is 0 Å². The topological polar surface area (TPSA) is 106 Å². The molecule has 180 valence electrons. The number of hydrogen-bond donors (Lipinski definition) is 0. The number of halogens is 1. The number of rotatable bonds is 6. The predicted octanol–water partition coefficient (Wildman–Crippen LogP) is 4.67. The standard InChI is InChI=1S/C25H20ClNO8/c1-13-19(33-22(28)6-3-17-10-21(30-2)27-35-17)5-4-18-23(29)20(34-24(13)18)9-14-7-16(26)8-15-11-31-12-32-25(14)15/h4-5,7-10H,3,6,11-12H2,1-2H3/b20-9-. The number of ketones is 1. The first kappa shape index (κ1) is 22.9. The van der Waals surface area contributed by atoms with Crippen LogP contribution in [0.4, 0.5) is 0 Å². The van der Waals surface area contributed by atoms with Crippen LogP contribution in [-0.2, 0) is 22.6 Å². The van der Waals surface area contributed by atoms with Crippen molar-refractivity contribution in [2.75, 3.05) is 13.9 Å². The molecule has 0 atom stereocenters. The molecule has 0 aliphatic carbocycles. The Balaban J connectivity index is 1.33. The lowest BCUT2D eigenvalue weighted by Crippen LogP contribution is -2.12. The molecule has 5 rings (SSSR count). The first-order valence-electron chi connectivity index (χ1n) is 10.7. The molecule has 0 bridgehead atoms. The van der Waals surface area contributed by atoms with Gasteiger partial charge in [0.05, 0.1) is 25.7 Å². The van der Waals surface area contributed by atoms with Crippen molar-refractivity contribution in [1.82, 2.24) is 5.16 Å². The highest BCUT2D eigenvalue weighted by molar-refractivity contribution is 6.31. The van der Waals surface area contributed by atoms with Gasteiger partial charge in [0.15, 0.2) is 12.6 Å². The van der Waals surface area contributed by atoms with Gasteiger partial charge in [-0.25, -0.2) is 0 Å². The summed E-state index contributed by atoms with van der Waals surface area (Å²) in [6, 6.07) is 8.22. The predicted molar refractivity (Wildman–Crippen MR) is 123 cm³/mol. The van der Waals surface area contributed by atoms with Gasteiger partial charge in [0.25, 0.3) is 5.88 Å². The maximum atomic E-state index is 13.0. The molecule has 0 amide bonds. The fourth-order valence-corrected chi connectivity index (χ4v) is 4.09. The number of carbonyl (C=O) groups is 2. The van der Waals surface area contributed by atoms with Crippen LogP contribution >= 0.6 is 11.6 Å². The lowest BCUT2D eigenvalue weighted by molar-refractivity contribution is -0.134. The molecule has 0 saturated carbocycles. The average Bonchev–Trinajstić information content (AvgIpc) is 3.44. The molecule has 0 N–H and O–H groups in total. The van der Waals surface area contributed by atoms with E-state index in [1.807, 2.05) is 0 Å². The summed E-state index contributed by atoms with van der Waals surface area (Å²) in [6.45, 7) is 2.19. The molecule has 35 heavy (non-hydrogen) atoms. The second-order valence-electron chi connectivity index (χ2n) is 7.91. The van der Waals surface area contributed by atoms with E-state index in [0.717, 1.165) is 5.56 Å². The van der Waals surface area contributed by atoms with Gasteiger partial charge in [-0.15, -0.1) is 0 Å². The van der Waals surface area contributed by atoms with Gasteiger partial charge in [0, 0.05) is 34.2 Å². The molecule has 1 aromatic heterocycles. The minimum Gasteiger partial charge on any atom is -0.479 e. The summed E-state index contributed by atoms with van der Waals surface area (Å²) in [7, 11) is 1.48. The fraction of sp³-hybridized carbons (Fsp3) is 0.240. The second-order valence-corrected chi connectivity index (χ2v) is 8.35. The van der Waals surface area contributed by atoms with Gasteiger partial charge in [0.1, 0.15) is 23.0 Å². The molecule has 3 heterocycles. The van der Waals surface area contributed by atoms with E-state index < -0.39 is 5.97 Å². The molecule has 0 unspecified atom stereocenters. The summed E-state index contributed by atoms with van der Waals surface area (Å²) in [5.41, 5.74) is 2.31. The maximum absolute atomic E-state index is 13.0. The van der Waals surface area contributed by atoms with Crippen molar-refractivity contribution in [1.29, 1.82) is 0 Å². The first-order valence-corrected chi connectivity index (χ1v) is 11.1. The molecule has 2 aromatic carbocycles. The summed E-state index contributed by atoms with van der Waals surface area (Å²) in [5, 5.41) is 4.19. The van der Waals surface area contributed by atoms with Gasteiger partial charge in [0.2, 0.25) is 5.78 Å². The molecule has 0 radical (unpaired) electrons. The zero-order valence-electron chi connectivity index (χ0n) is 18.9. The van der Waals surface area contributed by atoms with Gasteiger partial charge in [-0.3, -0.25) is 9.59 Å². The number of fused-ring (bicyclic) bond motifs is 2. The first-order chi connectivity index (χ1) is 16.9. The van der Waals surface area contributed by atoms with Crippen molar-refractivity contribution < 1.29 is 37.8 Å². The molecule has 10 heteroatoms. The number of hydrogen-bond acceptors (Lipinski definition) is 9. The lowest BCUT2D eigenvalue weighted by atomic mass is 10.0. The van der Waals surface area contributed by atoms with E-state index in [0.29, 0.717) is 63.6 Å². The molecule has 0 saturated heterocycles. The van der Waals surface area contributed by atoms with E-state index in [9.17, 15) is 9.59 Å². The van der Waals surface area contributed by atoms with Crippen LogP contribution in [0.3, 0.4) is 0 Å². The van der Waals surface area contributed by atoms with Gasteiger partial charge in [-0.2, -0.15) is 0 Å². The van der Waals surface area contributed by atoms with Gasteiger partial charge < -0.3 is 28.2 Å². The van der Waals surface area contributed by atoms with Crippen LogP contribution in [0.2, 0.25) is 5.02 Å². The van der Waals surface area contributed by atoms with Crippen molar-refractivity contribution in [2.24, 2.45) is 0 Å². The summed E-state index contributed by atoms with van der Waals surface area (Å²) in [6.07, 6.45) is 1.97. The van der Waals surface area contributed by atoms with Crippen LogP contribution < -0.4 is 18.9 Å². The highest BCUT2D eigenvalue weighted by atomic mass is 35.5. The number of allylic oxidation sites excluding steroid dienone is 1. The fourth-order valence-electron chi connectivity index (χ4n) is 3.84. The van der Waals surface area contributed by atoms with E-state index in [1.54, 1.807) is 43.3 Å². The number of aromatic nitrogens is 1. The van der Waals surface area contributed by atoms with Crippen molar-refractivity contribution >= 4 is 29.4 Å². The lowest BCUT2D eigenvalue weighted by Gasteiger charge is -2.20. The monoisotopic (exact) mass is 497 g/mol. The Morgan fingerprint density at radius 3 is 2.89 bits per heavy atom. The second kappa shape index (κ2) is 9.44. The Morgan fingerprint density at radius 1 is 1.23 bits per heavy atom. The molecule has 9 nitrogen and oxygen atoms in total. The van der Waals surface area contributed by atoms with Crippen LogP contribution in [0.5, 0.6) is 23.1 Å². The van der Waals surface area contributed by atoms with Gasteiger partial charge in [-0.05, 0) is 42.4 Å². The summed E-state index contributed by atoms with van der Waals surface area (Å²) in [4.78, 5) is 25.4. The zero-order chi connectivity index (χ0) is 24.5. The molecule has 2 aliphatic rings. The largest absolute Gasteiger partial charge is 0.479 e. The number of nitrogens with zero attached hydrogens (tertiary/aromatic N) is 1. The van der Waals surface area contributed by atoms with Crippen LogP contribution in [0, 0.1) is 6.92 Å². The Labute approximate surface area is 205 Å². The summed E-state index contributed by atoms with van der Waals surface area (Å²) in [5.74, 6) is 1.44. The third kappa shape index (κ3) is 4.60. The number of methoxy groups -OCH3 is 1. The van der Waals surface area contributed by atoms with Crippen LogP contribution in [0.1, 0.15) is 39.2 Å². The quantitative estimate of drug-likeness (QED) is 0.273. The number of aryl methyl sites for hydroxylation is 1. The van der Waals surface area contributed by atoms with E-state index in [2.05, 4.69) is 5.16 Å². The summed E-state index contributed by atoms with van der Waals surface area (Å²) >= 11 is 6.23. The van der Waals surface area contributed by atoms with Crippen molar-refractivity contribution in [3.8, 4) is 23.1 Å². The van der Waals surface area contributed by atoms with E-state index in [1.165, 1.54) is 7.11 Å². The molecule has 0 fully saturated rings. The van der Waals surface area contributed by atoms with Crippen LogP contribution in [-0.4, -0.2) is 30.8 Å². The van der Waals surface area contributed by atoms with Crippen LogP contribution in [0.25, 0.3) is 6.08 Å². The molecule has 3 aromatic rings. The molecule has 0 spiro atoms. The maximum Gasteiger partial charge on any atom is 0.311 e. The highest BCUT2D eigenvalue weighted by Gasteiger charge is 2.31. The van der Waals surface area contributed by atoms with E-state index in [4.69, 9.17) is 39.8 Å². The normalized spacial score (nSPS) is 15.3. The third-order valence-electron chi connectivity index (χ3n) is 5.57. The Kier molecular flexibility index (Phi) is 6.19. The van der Waals surface area contributed by atoms with Crippen molar-refractivity contribution in [2.45, 2.75) is 26.4 Å². The number of Topliss-reactive ketones (excluding diaryl/α,β-unsaturated/α-hetero) is 1. The van der Waals surface area contributed by atoms with Crippen LogP contribution in [0.15, 0.2) is 40.6 Å². The van der Waals surface area contributed by atoms with E-state index in [-0.39, 0.29) is 24.8 Å². The number of ether oxygens (including phenoxy) is 5. The highest BCUT2D eigenvalue weighted by Crippen LogP contribution is 2.41. The summed E-state index contributed by atoms with van der Waals surface area (Å²) < 4.78 is 32.4. The molecular formula is C25H20ClNO8. The Bertz CT molecular complexity index is 1360. The minimum atomic E-state index is -0.464.